The van der Waals surface area contributed by atoms with E-state index in [9.17, 15) is 9.59 Å². The van der Waals surface area contributed by atoms with E-state index in [1.54, 1.807) is 6.07 Å². The zero-order chi connectivity index (χ0) is 20.3. The predicted molar refractivity (Wildman–Crippen MR) is 106 cm³/mol. The molecule has 0 fully saturated rings. The molecule has 0 saturated carbocycles. The van der Waals surface area contributed by atoms with Crippen LogP contribution in [0, 0.1) is 27.7 Å². The fraction of sp³-hybridized carbons (Fsp3) is 0.286. The number of amides is 1. The summed E-state index contributed by atoms with van der Waals surface area (Å²) in [5.74, 6) is -0.0595. The van der Waals surface area contributed by atoms with Crippen LogP contribution in [0.1, 0.15) is 28.1 Å². The number of anilines is 1. The molecule has 0 bridgehead atoms. The third-order valence-electron chi connectivity index (χ3n) is 4.31. The van der Waals surface area contributed by atoms with Gasteiger partial charge >= 0.3 is 5.76 Å². The van der Waals surface area contributed by atoms with Crippen LogP contribution in [-0.4, -0.2) is 15.6 Å². The number of carbonyl (C=O) groups is 1. The van der Waals surface area contributed by atoms with Crippen molar-refractivity contribution in [3.63, 3.8) is 0 Å². The van der Waals surface area contributed by atoms with Gasteiger partial charge in [0, 0.05) is 5.69 Å². The first-order chi connectivity index (χ1) is 13.3. The number of nitrogens with zero attached hydrogens (tertiary/aromatic N) is 2. The van der Waals surface area contributed by atoms with Crippen LogP contribution in [0.4, 0.5) is 5.69 Å². The number of aryl methyl sites for hydroxylation is 4. The number of hydrogen-bond acceptors (Lipinski definition) is 5. The van der Waals surface area contributed by atoms with Crippen LogP contribution in [0.5, 0.6) is 5.75 Å². The fourth-order valence-electron chi connectivity index (χ4n) is 3.15. The van der Waals surface area contributed by atoms with Gasteiger partial charge in [0.05, 0.1) is 0 Å². The van der Waals surface area contributed by atoms with Crippen LogP contribution in [0.15, 0.2) is 45.7 Å². The Labute approximate surface area is 162 Å². The normalized spacial score (nSPS) is 10.7. The van der Waals surface area contributed by atoms with E-state index in [-0.39, 0.29) is 24.9 Å². The Morgan fingerprint density at radius 3 is 2.50 bits per heavy atom. The standard InChI is InChI=1S/C21H23N3O4/c1-13-6-5-7-17(10-13)22-19(25)11-24-18(23-28-21(24)26)12-27-20-15(3)8-14(2)9-16(20)4/h5-10H,11-12H2,1-4H3,(H,22,25). The molecule has 0 spiro atoms. The molecule has 0 saturated heterocycles. The summed E-state index contributed by atoms with van der Waals surface area (Å²) in [5.41, 5.74) is 4.82. The summed E-state index contributed by atoms with van der Waals surface area (Å²) in [5, 5.41) is 6.52. The molecule has 1 heterocycles. The average molecular weight is 381 g/mol. The molecule has 0 aliphatic carbocycles. The van der Waals surface area contributed by atoms with Gasteiger partial charge in [-0.25, -0.2) is 9.36 Å². The van der Waals surface area contributed by atoms with Gasteiger partial charge in [-0.1, -0.05) is 35.0 Å². The maximum Gasteiger partial charge on any atom is 0.442 e. The van der Waals surface area contributed by atoms with Crippen LogP contribution in [0.25, 0.3) is 0 Å². The number of aromatic nitrogens is 2. The lowest BCUT2D eigenvalue weighted by Crippen LogP contribution is -2.27. The molecule has 3 rings (SSSR count). The molecule has 1 aromatic heterocycles. The van der Waals surface area contributed by atoms with Gasteiger partial charge in [-0.05, 0) is 56.5 Å². The van der Waals surface area contributed by atoms with Crippen LogP contribution in [0.3, 0.4) is 0 Å². The van der Waals surface area contributed by atoms with Gasteiger partial charge in [-0.2, -0.15) is 0 Å². The van der Waals surface area contributed by atoms with Gasteiger partial charge in [0.25, 0.3) is 0 Å². The highest BCUT2D eigenvalue weighted by Gasteiger charge is 2.16. The number of rotatable bonds is 6. The van der Waals surface area contributed by atoms with Crippen molar-refractivity contribution in [2.24, 2.45) is 0 Å². The topological polar surface area (TPSA) is 86.4 Å². The number of ether oxygens (including phenoxy) is 1. The van der Waals surface area contributed by atoms with Crippen molar-refractivity contribution in [2.45, 2.75) is 40.8 Å². The van der Waals surface area contributed by atoms with Crippen LogP contribution >= 0.6 is 0 Å². The highest BCUT2D eigenvalue weighted by Crippen LogP contribution is 2.25. The molecule has 0 unspecified atom stereocenters. The number of benzene rings is 2. The van der Waals surface area contributed by atoms with E-state index in [2.05, 4.69) is 10.5 Å². The molecule has 7 heteroatoms. The van der Waals surface area contributed by atoms with E-state index in [4.69, 9.17) is 9.26 Å². The average Bonchev–Trinajstić information content (AvgIpc) is 2.94. The molecule has 3 aromatic rings. The van der Waals surface area contributed by atoms with Crippen molar-refractivity contribution in [1.29, 1.82) is 0 Å². The van der Waals surface area contributed by atoms with Crippen LogP contribution < -0.4 is 15.8 Å². The van der Waals surface area contributed by atoms with E-state index in [1.165, 1.54) is 4.57 Å². The Hall–Kier alpha value is -3.35. The molecular formula is C21H23N3O4. The van der Waals surface area contributed by atoms with E-state index >= 15 is 0 Å². The van der Waals surface area contributed by atoms with Gasteiger partial charge in [-0.15, -0.1) is 0 Å². The number of carbonyl (C=O) groups excluding carboxylic acids is 1. The Morgan fingerprint density at radius 2 is 1.82 bits per heavy atom. The predicted octanol–water partition coefficient (Wildman–Crippen LogP) is 3.29. The molecule has 1 amide bonds. The zero-order valence-corrected chi connectivity index (χ0v) is 16.4. The van der Waals surface area contributed by atoms with Crippen molar-refractivity contribution in [3.05, 3.63) is 75.0 Å². The Balaban J connectivity index is 1.72. The van der Waals surface area contributed by atoms with Crippen LogP contribution in [0.2, 0.25) is 0 Å². The molecule has 0 atom stereocenters. The van der Waals surface area contributed by atoms with Gasteiger partial charge in [0.15, 0.2) is 5.82 Å². The summed E-state index contributed by atoms with van der Waals surface area (Å²) in [4.78, 5) is 24.3. The molecule has 146 valence electrons. The minimum atomic E-state index is -0.699. The number of nitrogens with one attached hydrogen (secondary N) is 1. The minimum absolute atomic E-state index is 0.0220. The summed E-state index contributed by atoms with van der Waals surface area (Å²) in [7, 11) is 0. The van der Waals surface area contributed by atoms with Gasteiger partial charge in [0.2, 0.25) is 5.91 Å². The summed E-state index contributed by atoms with van der Waals surface area (Å²) >= 11 is 0. The maximum absolute atomic E-state index is 12.3. The SMILES string of the molecule is Cc1cccc(NC(=O)Cn2c(COc3c(C)cc(C)cc3C)noc2=O)c1. The molecule has 0 aliphatic rings. The van der Waals surface area contributed by atoms with E-state index in [1.807, 2.05) is 58.0 Å². The lowest BCUT2D eigenvalue weighted by molar-refractivity contribution is -0.116. The third-order valence-corrected chi connectivity index (χ3v) is 4.31. The molecule has 0 radical (unpaired) electrons. The van der Waals surface area contributed by atoms with Gasteiger partial charge < -0.3 is 10.1 Å². The first kappa shape index (κ1) is 19.4. The lowest BCUT2D eigenvalue weighted by atomic mass is 10.1. The van der Waals surface area contributed by atoms with E-state index < -0.39 is 5.76 Å². The molecule has 28 heavy (non-hydrogen) atoms. The van der Waals surface area contributed by atoms with Crippen molar-refractivity contribution >= 4 is 11.6 Å². The van der Waals surface area contributed by atoms with Gasteiger partial charge in [0.1, 0.15) is 18.9 Å². The second kappa shape index (κ2) is 8.12. The van der Waals surface area contributed by atoms with Crippen LogP contribution in [-0.2, 0) is 17.9 Å². The zero-order valence-electron chi connectivity index (χ0n) is 16.4. The summed E-state index contributed by atoms with van der Waals surface area (Å²) in [6.07, 6.45) is 0. The second-order valence-corrected chi connectivity index (χ2v) is 6.89. The summed E-state index contributed by atoms with van der Waals surface area (Å²) in [6, 6.07) is 11.5. The summed E-state index contributed by atoms with van der Waals surface area (Å²) in [6.45, 7) is 7.69. The highest BCUT2D eigenvalue weighted by atomic mass is 16.5. The molecule has 1 N–H and O–H groups in total. The van der Waals surface area contributed by atoms with Crippen molar-refractivity contribution in [3.8, 4) is 5.75 Å². The Bertz CT molecular complexity index is 1040. The fourth-order valence-corrected chi connectivity index (χ4v) is 3.15. The second-order valence-electron chi connectivity index (χ2n) is 6.89. The minimum Gasteiger partial charge on any atom is -0.485 e. The maximum atomic E-state index is 12.3. The Morgan fingerprint density at radius 1 is 1.11 bits per heavy atom. The smallest absolute Gasteiger partial charge is 0.442 e. The van der Waals surface area contributed by atoms with E-state index in [0.29, 0.717) is 5.69 Å². The molecular weight excluding hydrogens is 358 g/mol. The molecule has 2 aromatic carbocycles. The third kappa shape index (κ3) is 4.49. The largest absolute Gasteiger partial charge is 0.485 e. The Kier molecular flexibility index (Phi) is 5.63. The van der Waals surface area contributed by atoms with Gasteiger partial charge in [-0.3, -0.25) is 9.32 Å². The molecule has 7 nitrogen and oxygen atoms in total. The first-order valence-electron chi connectivity index (χ1n) is 8.96. The summed E-state index contributed by atoms with van der Waals surface area (Å²) < 4.78 is 11.8. The molecule has 0 aliphatic heterocycles. The monoisotopic (exact) mass is 381 g/mol. The number of hydrogen-bond donors (Lipinski definition) is 1. The van der Waals surface area contributed by atoms with E-state index in [0.717, 1.165) is 28.0 Å². The van der Waals surface area contributed by atoms with Crippen molar-refractivity contribution in [1.82, 2.24) is 9.72 Å². The lowest BCUT2D eigenvalue weighted by Gasteiger charge is -2.13. The first-order valence-corrected chi connectivity index (χ1v) is 8.96. The quantitative estimate of drug-likeness (QED) is 0.708. The van der Waals surface area contributed by atoms with Crippen molar-refractivity contribution in [2.75, 3.05) is 5.32 Å². The van der Waals surface area contributed by atoms with Crippen molar-refractivity contribution < 1.29 is 14.1 Å². The highest BCUT2D eigenvalue weighted by molar-refractivity contribution is 5.90.